The van der Waals surface area contributed by atoms with E-state index in [0.29, 0.717) is 6.54 Å². The van der Waals surface area contributed by atoms with Gasteiger partial charge in [-0.2, -0.15) is 0 Å². The monoisotopic (exact) mass is 306 g/mol. The van der Waals surface area contributed by atoms with Crippen molar-refractivity contribution in [1.82, 2.24) is 15.5 Å². The Balaban J connectivity index is 2.38. The molecule has 0 radical (unpaired) electrons. The Morgan fingerprint density at radius 3 is 2.14 bits per heavy atom. The molecular formula is C16H26N4O2. The van der Waals surface area contributed by atoms with Crippen molar-refractivity contribution in [2.45, 2.75) is 26.9 Å². The standard InChI is InChI=1S/C16H26N4O2/c1-3-20(4-2)12-14-7-5-13(6-8-14)10-18-16(22)11-19-15(21)9-17/h5-8H,3-4,9-12,17H2,1-2H3,(H,18,22)(H,19,21). The minimum atomic E-state index is -0.337. The van der Waals surface area contributed by atoms with Crippen molar-refractivity contribution < 1.29 is 9.59 Å². The average Bonchev–Trinajstić information content (AvgIpc) is 2.56. The van der Waals surface area contributed by atoms with Gasteiger partial charge in [-0.15, -0.1) is 0 Å². The number of nitrogens with one attached hydrogen (secondary N) is 2. The summed E-state index contributed by atoms with van der Waals surface area (Å²) in [5, 5.41) is 5.19. The van der Waals surface area contributed by atoms with Crippen molar-refractivity contribution in [2.24, 2.45) is 5.73 Å². The molecule has 6 heteroatoms. The molecule has 6 nitrogen and oxygen atoms in total. The van der Waals surface area contributed by atoms with Gasteiger partial charge in [-0.25, -0.2) is 0 Å². The molecule has 0 saturated heterocycles. The minimum absolute atomic E-state index is 0.0456. The maximum absolute atomic E-state index is 11.6. The van der Waals surface area contributed by atoms with Crippen LogP contribution < -0.4 is 16.4 Å². The first-order valence-corrected chi connectivity index (χ1v) is 7.62. The Morgan fingerprint density at radius 2 is 1.59 bits per heavy atom. The number of nitrogens with two attached hydrogens (primary N) is 1. The summed E-state index contributed by atoms with van der Waals surface area (Å²) in [4.78, 5) is 24.8. The molecular weight excluding hydrogens is 280 g/mol. The Labute approximate surface area is 132 Å². The first kappa shape index (κ1) is 18.1. The maximum Gasteiger partial charge on any atom is 0.239 e. The maximum atomic E-state index is 11.6. The first-order valence-electron chi connectivity index (χ1n) is 7.62. The molecule has 0 aliphatic carbocycles. The average molecular weight is 306 g/mol. The van der Waals surface area contributed by atoms with Gasteiger partial charge in [-0.3, -0.25) is 14.5 Å². The van der Waals surface area contributed by atoms with Crippen LogP contribution in [0.15, 0.2) is 24.3 Å². The highest BCUT2D eigenvalue weighted by Gasteiger charge is 2.04. The molecule has 1 aromatic carbocycles. The quantitative estimate of drug-likeness (QED) is 0.609. The predicted molar refractivity (Wildman–Crippen MR) is 87.0 cm³/mol. The van der Waals surface area contributed by atoms with Crippen LogP contribution in [0.1, 0.15) is 25.0 Å². The molecule has 0 aliphatic heterocycles. The van der Waals surface area contributed by atoms with Gasteiger partial charge in [-0.05, 0) is 24.2 Å². The van der Waals surface area contributed by atoms with Gasteiger partial charge in [0, 0.05) is 13.1 Å². The van der Waals surface area contributed by atoms with Crippen molar-refractivity contribution >= 4 is 11.8 Å². The van der Waals surface area contributed by atoms with Crippen molar-refractivity contribution in [3.63, 3.8) is 0 Å². The highest BCUT2D eigenvalue weighted by atomic mass is 16.2. The summed E-state index contributed by atoms with van der Waals surface area (Å²) < 4.78 is 0. The van der Waals surface area contributed by atoms with Crippen LogP contribution in [-0.2, 0) is 22.7 Å². The topological polar surface area (TPSA) is 87.5 Å². The lowest BCUT2D eigenvalue weighted by Gasteiger charge is -2.18. The molecule has 2 amide bonds. The van der Waals surface area contributed by atoms with E-state index < -0.39 is 0 Å². The number of carbonyl (C=O) groups is 2. The van der Waals surface area contributed by atoms with Crippen LogP contribution in [0.3, 0.4) is 0 Å². The predicted octanol–water partition coefficient (Wildman–Crippen LogP) is 0.220. The van der Waals surface area contributed by atoms with Crippen LogP contribution in [0.25, 0.3) is 0 Å². The number of hydrogen-bond donors (Lipinski definition) is 3. The van der Waals surface area contributed by atoms with Gasteiger partial charge in [0.1, 0.15) is 0 Å². The van der Waals surface area contributed by atoms with Gasteiger partial charge >= 0.3 is 0 Å². The molecule has 0 unspecified atom stereocenters. The molecule has 0 aliphatic rings. The van der Waals surface area contributed by atoms with Crippen LogP contribution in [0.5, 0.6) is 0 Å². The van der Waals surface area contributed by atoms with Crippen molar-refractivity contribution in [3.8, 4) is 0 Å². The van der Waals surface area contributed by atoms with Crippen molar-refractivity contribution in [3.05, 3.63) is 35.4 Å². The van der Waals surface area contributed by atoms with Crippen LogP contribution in [-0.4, -0.2) is 42.9 Å². The molecule has 122 valence electrons. The molecule has 0 aromatic heterocycles. The summed E-state index contributed by atoms with van der Waals surface area (Å²) in [6.07, 6.45) is 0. The van der Waals surface area contributed by atoms with E-state index in [1.165, 1.54) is 5.56 Å². The Bertz CT molecular complexity index is 470. The van der Waals surface area contributed by atoms with Gasteiger partial charge in [-0.1, -0.05) is 38.1 Å². The van der Waals surface area contributed by atoms with E-state index in [9.17, 15) is 9.59 Å². The van der Waals surface area contributed by atoms with Crippen LogP contribution in [0.2, 0.25) is 0 Å². The molecule has 4 N–H and O–H groups in total. The van der Waals surface area contributed by atoms with E-state index >= 15 is 0 Å². The second kappa shape index (κ2) is 9.92. The highest BCUT2D eigenvalue weighted by molar-refractivity contribution is 5.85. The van der Waals surface area contributed by atoms with E-state index in [1.54, 1.807) is 0 Å². The third kappa shape index (κ3) is 6.69. The lowest BCUT2D eigenvalue weighted by molar-refractivity contribution is -0.125. The number of amides is 2. The normalized spacial score (nSPS) is 10.5. The molecule has 0 fully saturated rings. The first-order chi connectivity index (χ1) is 10.6. The van der Waals surface area contributed by atoms with Gasteiger partial charge in [0.15, 0.2) is 0 Å². The molecule has 0 atom stereocenters. The van der Waals surface area contributed by atoms with Gasteiger partial charge in [0.2, 0.25) is 11.8 Å². The highest BCUT2D eigenvalue weighted by Crippen LogP contribution is 2.07. The molecule has 0 heterocycles. The second-order valence-corrected chi connectivity index (χ2v) is 5.04. The van der Waals surface area contributed by atoms with E-state index in [0.717, 1.165) is 25.2 Å². The molecule has 22 heavy (non-hydrogen) atoms. The molecule has 1 rings (SSSR count). The number of benzene rings is 1. The van der Waals surface area contributed by atoms with E-state index in [1.807, 2.05) is 12.1 Å². The summed E-state index contributed by atoms with van der Waals surface area (Å²) in [6, 6.07) is 8.18. The fourth-order valence-corrected chi connectivity index (χ4v) is 1.98. The smallest absolute Gasteiger partial charge is 0.239 e. The molecule has 1 aromatic rings. The number of hydrogen-bond acceptors (Lipinski definition) is 4. The Kier molecular flexibility index (Phi) is 8.17. The third-order valence-corrected chi connectivity index (χ3v) is 3.44. The summed E-state index contributed by atoms with van der Waals surface area (Å²) >= 11 is 0. The summed E-state index contributed by atoms with van der Waals surface area (Å²) in [5.41, 5.74) is 7.43. The molecule has 0 saturated carbocycles. The van der Waals surface area contributed by atoms with E-state index in [-0.39, 0.29) is 24.9 Å². The van der Waals surface area contributed by atoms with Crippen LogP contribution in [0.4, 0.5) is 0 Å². The van der Waals surface area contributed by atoms with Gasteiger partial charge in [0.25, 0.3) is 0 Å². The largest absolute Gasteiger partial charge is 0.350 e. The summed E-state index contributed by atoms with van der Waals surface area (Å²) in [6.45, 7) is 7.59. The SMILES string of the molecule is CCN(CC)Cc1ccc(CNC(=O)CNC(=O)CN)cc1. The van der Waals surface area contributed by atoms with Crippen molar-refractivity contribution in [1.29, 1.82) is 0 Å². The van der Waals surface area contributed by atoms with Crippen LogP contribution in [0, 0.1) is 0 Å². The fourth-order valence-electron chi connectivity index (χ4n) is 1.98. The number of rotatable bonds is 9. The molecule has 0 spiro atoms. The second-order valence-electron chi connectivity index (χ2n) is 5.04. The third-order valence-electron chi connectivity index (χ3n) is 3.44. The van der Waals surface area contributed by atoms with E-state index in [2.05, 4.69) is 41.5 Å². The zero-order chi connectivity index (χ0) is 16.4. The zero-order valence-electron chi connectivity index (χ0n) is 13.4. The number of carbonyl (C=O) groups excluding carboxylic acids is 2. The summed E-state index contributed by atoms with van der Waals surface area (Å²) in [5.74, 6) is -0.565. The fraction of sp³-hybridized carbons (Fsp3) is 0.500. The Morgan fingerprint density at radius 1 is 1.00 bits per heavy atom. The van der Waals surface area contributed by atoms with E-state index in [4.69, 9.17) is 5.73 Å². The molecule has 0 bridgehead atoms. The van der Waals surface area contributed by atoms with Gasteiger partial charge < -0.3 is 16.4 Å². The Hall–Kier alpha value is -1.92. The number of nitrogens with zero attached hydrogens (tertiary/aromatic N) is 1. The lowest BCUT2D eigenvalue weighted by atomic mass is 10.1. The summed E-state index contributed by atoms with van der Waals surface area (Å²) in [7, 11) is 0. The van der Waals surface area contributed by atoms with Crippen LogP contribution >= 0.6 is 0 Å². The van der Waals surface area contributed by atoms with Gasteiger partial charge in [0.05, 0.1) is 13.1 Å². The lowest BCUT2D eigenvalue weighted by Crippen LogP contribution is -2.39. The van der Waals surface area contributed by atoms with Crippen molar-refractivity contribution in [2.75, 3.05) is 26.2 Å². The minimum Gasteiger partial charge on any atom is -0.350 e. The zero-order valence-corrected chi connectivity index (χ0v) is 13.4.